The van der Waals surface area contributed by atoms with Crippen LogP contribution in [0.15, 0.2) is 30.3 Å². The summed E-state index contributed by atoms with van der Waals surface area (Å²) in [5.74, 6) is -1.67. The first kappa shape index (κ1) is 21.9. The number of esters is 1. The predicted molar refractivity (Wildman–Crippen MR) is 105 cm³/mol. The number of carboxylic acid groups (broad SMARTS) is 1. The number of hydrogen-bond donors (Lipinski definition) is 2. The number of hydrogen-bond acceptors (Lipinski definition) is 5. The molecule has 1 heterocycles. The van der Waals surface area contributed by atoms with Gasteiger partial charge in [-0.1, -0.05) is 30.3 Å². The van der Waals surface area contributed by atoms with Crippen molar-refractivity contribution < 1.29 is 24.2 Å². The summed E-state index contributed by atoms with van der Waals surface area (Å²) in [7, 11) is 0. The van der Waals surface area contributed by atoms with Crippen molar-refractivity contribution in [2.24, 2.45) is 0 Å². The van der Waals surface area contributed by atoms with E-state index in [1.807, 2.05) is 30.3 Å². The molecule has 3 atom stereocenters. The SMILES string of the molecule is CCOC(=O)[C@H](CCc1ccccc1)NC1CCCCN([C@@H](C)C(=O)O)C1=O. The zero-order valence-electron chi connectivity index (χ0n) is 16.6. The molecule has 0 saturated carbocycles. The van der Waals surface area contributed by atoms with Crippen molar-refractivity contribution in [2.75, 3.05) is 13.2 Å². The number of carbonyl (C=O) groups excluding carboxylic acids is 2. The van der Waals surface area contributed by atoms with Crippen LogP contribution in [0.25, 0.3) is 0 Å². The highest BCUT2D eigenvalue weighted by Crippen LogP contribution is 2.17. The number of carboxylic acids is 1. The van der Waals surface area contributed by atoms with Crippen molar-refractivity contribution in [3.05, 3.63) is 35.9 Å². The van der Waals surface area contributed by atoms with Crippen molar-refractivity contribution in [1.82, 2.24) is 10.2 Å². The first-order valence-corrected chi connectivity index (χ1v) is 9.94. The fourth-order valence-corrected chi connectivity index (χ4v) is 3.45. The van der Waals surface area contributed by atoms with E-state index in [9.17, 15) is 19.5 Å². The van der Waals surface area contributed by atoms with Crippen LogP contribution in [0.5, 0.6) is 0 Å². The van der Waals surface area contributed by atoms with Crippen LogP contribution in [0, 0.1) is 0 Å². The van der Waals surface area contributed by atoms with Gasteiger partial charge in [-0.3, -0.25) is 14.9 Å². The summed E-state index contributed by atoms with van der Waals surface area (Å²) in [6.45, 7) is 3.95. The van der Waals surface area contributed by atoms with Crippen LogP contribution >= 0.6 is 0 Å². The fraction of sp³-hybridized carbons (Fsp3) is 0.571. The minimum atomic E-state index is -1.03. The third-order valence-corrected chi connectivity index (χ3v) is 5.09. The number of ether oxygens (including phenoxy) is 1. The average molecular weight is 390 g/mol. The summed E-state index contributed by atoms with van der Waals surface area (Å²) in [6.07, 6.45) is 3.29. The average Bonchev–Trinajstić information content (AvgIpc) is 2.87. The lowest BCUT2D eigenvalue weighted by atomic mass is 10.0. The van der Waals surface area contributed by atoms with Crippen molar-refractivity contribution in [3.8, 4) is 0 Å². The molecule has 1 aliphatic rings. The van der Waals surface area contributed by atoms with Gasteiger partial charge >= 0.3 is 11.9 Å². The summed E-state index contributed by atoms with van der Waals surface area (Å²) in [4.78, 5) is 38.1. The highest BCUT2D eigenvalue weighted by Gasteiger charge is 2.35. The van der Waals surface area contributed by atoms with Crippen molar-refractivity contribution in [1.29, 1.82) is 0 Å². The quantitative estimate of drug-likeness (QED) is 0.626. The van der Waals surface area contributed by atoms with Gasteiger partial charge in [0.05, 0.1) is 12.6 Å². The lowest BCUT2D eigenvalue weighted by molar-refractivity contribution is -0.151. The minimum Gasteiger partial charge on any atom is -0.480 e. The zero-order valence-corrected chi connectivity index (χ0v) is 16.6. The summed E-state index contributed by atoms with van der Waals surface area (Å²) < 4.78 is 5.19. The van der Waals surface area contributed by atoms with Crippen LogP contribution in [0.4, 0.5) is 0 Å². The number of rotatable bonds is 9. The van der Waals surface area contributed by atoms with Gasteiger partial charge in [-0.15, -0.1) is 0 Å². The summed E-state index contributed by atoms with van der Waals surface area (Å²) in [6, 6.07) is 7.73. The number of nitrogens with one attached hydrogen (secondary N) is 1. The van der Waals surface area contributed by atoms with Crippen molar-refractivity contribution in [3.63, 3.8) is 0 Å². The first-order chi connectivity index (χ1) is 13.4. The van der Waals surface area contributed by atoms with Gasteiger partial charge in [0, 0.05) is 6.54 Å². The molecule has 0 spiro atoms. The Hall–Kier alpha value is -2.41. The molecular formula is C21H30N2O5. The molecule has 2 N–H and O–H groups in total. The van der Waals surface area contributed by atoms with E-state index in [4.69, 9.17) is 4.74 Å². The Balaban J connectivity index is 2.10. The number of aliphatic carboxylic acids is 1. The molecule has 0 aliphatic carbocycles. The van der Waals surface area contributed by atoms with Crippen molar-refractivity contribution in [2.45, 2.75) is 64.1 Å². The number of aryl methyl sites for hydroxylation is 1. The van der Waals surface area contributed by atoms with Gasteiger partial charge in [0.1, 0.15) is 12.1 Å². The molecule has 1 fully saturated rings. The van der Waals surface area contributed by atoms with E-state index < -0.39 is 24.1 Å². The first-order valence-electron chi connectivity index (χ1n) is 9.94. The molecule has 1 unspecified atom stereocenters. The normalized spacial score (nSPS) is 19.6. The minimum absolute atomic E-state index is 0.263. The monoisotopic (exact) mass is 390 g/mol. The van der Waals surface area contributed by atoms with E-state index >= 15 is 0 Å². The van der Waals surface area contributed by atoms with Gasteiger partial charge in [-0.2, -0.15) is 0 Å². The van der Waals surface area contributed by atoms with E-state index in [-0.39, 0.29) is 18.5 Å². The van der Waals surface area contributed by atoms with E-state index in [1.54, 1.807) is 6.92 Å². The molecule has 1 aromatic carbocycles. The molecule has 0 bridgehead atoms. The van der Waals surface area contributed by atoms with Gasteiger partial charge in [0.2, 0.25) is 5.91 Å². The van der Waals surface area contributed by atoms with Crippen LogP contribution in [0.1, 0.15) is 45.1 Å². The maximum atomic E-state index is 12.9. The summed E-state index contributed by atoms with van der Waals surface area (Å²) >= 11 is 0. The Labute approximate surface area is 166 Å². The molecule has 7 heteroatoms. The second kappa shape index (κ2) is 10.8. The van der Waals surface area contributed by atoms with Gasteiger partial charge in [-0.05, 0) is 51.5 Å². The van der Waals surface area contributed by atoms with E-state index in [0.29, 0.717) is 25.8 Å². The second-order valence-electron chi connectivity index (χ2n) is 7.09. The molecule has 1 amide bonds. The Morgan fingerprint density at radius 1 is 1.29 bits per heavy atom. The van der Waals surface area contributed by atoms with Gasteiger partial charge < -0.3 is 14.7 Å². The third-order valence-electron chi connectivity index (χ3n) is 5.09. The molecule has 28 heavy (non-hydrogen) atoms. The molecule has 1 aliphatic heterocycles. The van der Waals surface area contributed by atoms with Crippen LogP contribution in [0.2, 0.25) is 0 Å². The predicted octanol–water partition coefficient (Wildman–Crippen LogP) is 1.99. The third kappa shape index (κ3) is 6.05. The zero-order chi connectivity index (χ0) is 20.5. The number of carbonyl (C=O) groups is 3. The molecule has 2 rings (SSSR count). The van der Waals surface area contributed by atoms with Crippen molar-refractivity contribution >= 4 is 17.8 Å². The fourth-order valence-electron chi connectivity index (χ4n) is 3.45. The standard InChI is InChI=1S/C21H30N2O5/c1-3-28-21(27)18(13-12-16-9-5-4-6-10-16)22-17-11-7-8-14-23(19(17)24)15(2)20(25)26/h4-6,9-10,15,17-18,22H,3,7-8,11-14H2,1-2H3,(H,25,26)/t15-,17?,18-/m0/s1. The molecule has 0 aromatic heterocycles. The topological polar surface area (TPSA) is 95.9 Å². The van der Waals surface area contributed by atoms with Crippen LogP contribution in [0.3, 0.4) is 0 Å². The highest BCUT2D eigenvalue weighted by molar-refractivity contribution is 5.87. The molecule has 1 aromatic rings. The highest BCUT2D eigenvalue weighted by atomic mass is 16.5. The Morgan fingerprint density at radius 2 is 2.00 bits per heavy atom. The smallest absolute Gasteiger partial charge is 0.326 e. The Bertz CT molecular complexity index is 664. The second-order valence-corrected chi connectivity index (χ2v) is 7.09. The largest absolute Gasteiger partial charge is 0.480 e. The number of amides is 1. The number of likely N-dealkylation sites (tertiary alicyclic amines) is 1. The summed E-state index contributed by atoms with van der Waals surface area (Å²) in [5.41, 5.74) is 1.10. The molecule has 1 saturated heterocycles. The maximum Gasteiger partial charge on any atom is 0.326 e. The van der Waals surface area contributed by atoms with Crippen LogP contribution in [-0.2, 0) is 25.5 Å². The summed E-state index contributed by atoms with van der Waals surface area (Å²) in [5, 5.41) is 12.5. The lowest BCUT2D eigenvalue weighted by Crippen LogP contribution is -2.54. The maximum absolute atomic E-state index is 12.9. The molecular weight excluding hydrogens is 360 g/mol. The Morgan fingerprint density at radius 3 is 2.64 bits per heavy atom. The van der Waals surface area contributed by atoms with Gasteiger partial charge in [0.25, 0.3) is 0 Å². The lowest BCUT2D eigenvalue weighted by Gasteiger charge is -2.30. The van der Waals surface area contributed by atoms with E-state index in [2.05, 4.69) is 5.32 Å². The van der Waals surface area contributed by atoms with Crippen LogP contribution in [-0.4, -0.2) is 59.1 Å². The molecule has 7 nitrogen and oxygen atoms in total. The molecule has 154 valence electrons. The van der Waals surface area contributed by atoms with E-state index in [1.165, 1.54) is 11.8 Å². The van der Waals surface area contributed by atoms with Crippen LogP contribution < -0.4 is 5.32 Å². The molecule has 0 radical (unpaired) electrons. The number of benzene rings is 1. The van der Waals surface area contributed by atoms with E-state index in [0.717, 1.165) is 18.4 Å². The van der Waals surface area contributed by atoms with Gasteiger partial charge in [-0.25, -0.2) is 4.79 Å². The number of nitrogens with zero attached hydrogens (tertiary/aromatic N) is 1. The Kier molecular flexibility index (Phi) is 8.44. The van der Waals surface area contributed by atoms with Gasteiger partial charge in [0.15, 0.2) is 0 Å².